The molecule has 0 aromatic rings. The molecule has 5 N–H and O–H groups in total. The van der Waals surface area contributed by atoms with E-state index in [1.54, 1.807) is 11.8 Å². The first-order valence-electron chi connectivity index (χ1n) is 25.0. The molecule has 368 valence electrons. The molecule has 0 bridgehead atoms. The predicted octanol–water partition coefficient (Wildman–Crippen LogP) is 1.44. The summed E-state index contributed by atoms with van der Waals surface area (Å²) < 4.78 is 31.7. The van der Waals surface area contributed by atoms with Gasteiger partial charge in [0.15, 0.2) is 0 Å². The Morgan fingerprint density at radius 2 is 1.56 bits per heavy atom. The number of hydrogen-bond donors (Lipinski definition) is 5. The van der Waals surface area contributed by atoms with Gasteiger partial charge < -0.3 is 25.6 Å². The Morgan fingerprint density at radius 3 is 2.27 bits per heavy atom. The van der Waals surface area contributed by atoms with E-state index in [0.29, 0.717) is 50.3 Å². The van der Waals surface area contributed by atoms with Crippen LogP contribution >= 0.6 is 11.8 Å². The Balaban J connectivity index is 0.724. The molecule has 7 amide bonds. The van der Waals surface area contributed by atoms with Crippen LogP contribution in [0.25, 0.3) is 0 Å². The van der Waals surface area contributed by atoms with Crippen molar-refractivity contribution in [2.75, 3.05) is 57.9 Å². The van der Waals surface area contributed by atoms with E-state index in [0.717, 1.165) is 81.4 Å². The number of carbonyl (C=O) groups is 7. The van der Waals surface area contributed by atoms with Crippen molar-refractivity contribution in [2.24, 2.45) is 41.4 Å². The molecule has 8 rings (SSSR count). The minimum Gasteiger partial charge on any atom is -0.378 e. The maximum absolute atomic E-state index is 13.7. The number of amides is 7. The van der Waals surface area contributed by atoms with E-state index in [2.05, 4.69) is 31.5 Å². The second kappa shape index (κ2) is 22.1. The molecule has 0 aromatic carbocycles. The number of hydrogen-bond acceptors (Lipinski definition) is 13. The number of carbonyl (C=O) groups excluding carboxylic acids is 7. The predicted molar refractivity (Wildman–Crippen MR) is 245 cm³/mol. The van der Waals surface area contributed by atoms with Crippen LogP contribution in [0.1, 0.15) is 116 Å². The molecule has 66 heavy (non-hydrogen) atoms. The number of nitrogens with one attached hydrogen (secondary N) is 5. The molecule has 0 spiro atoms. The number of thioether (sulfide) groups is 1. The second-order valence-corrected chi connectivity index (χ2v) is 23.7. The Bertz CT molecular complexity index is 1920. The lowest BCUT2D eigenvalue weighted by Crippen LogP contribution is -2.55. The fourth-order valence-electron chi connectivity index (χ4n) is 12.2. The van der Waals surface area contributed by atoms with Crippen LogP contribution in [-0.4, -0.2) is 151 Å². The summed E-state index contributed by atoms with van der Waals surface area (Å²) in [7, 11) is -3.42. The number of ether oxygens (including phenoxy) is 1. The molecule has 8 aliphatic rings. The number of sulfonamides is 1. The van der Waals surface area contributed by atoms with Crippen molar-refractivity contribution in [3.05, 3.63) is 0 Å². The minimum atomic E-state index is -3.42. The number of imide groups is 2. The first-order valence-corrected chi connectivity index (χ1v) is 27.8. The Hall–Kier alpha value is -3.17. The van der Waals surface area contributed by atoms with Gasteiger partial charge in [-0.15, -0.1) is 11.8 Å². The molecule has 0 aromatic heterocycles. The molecule has 5 aliphatic heterocycles. The topological polar surface area (TPSA) is 233 Å². The third kappa shape index (κ3) is 12.0. The van der Waals surface area contributed by atoms with Gasteiger partial charge in [0.1, 0.15) is 17.6 Å². The third-order valence-corrected chi connectivity index (χ3v) is 18.7. The van der Waals surface area contributed by atoms with Crippen LogP contribution in [0.3, 0.4) is 0 Å². The molecule has 5 saturated heterocycles. The van der Waals surface area contributed by atoms with Gasteiger partial charge in [-0.05, 0) is 121 Å². The zero-order valence-corrected chi connectivity index (χ0v) is 40.2. The number of piperidine rings is 2. The van der Waals surface area contributed by atoms with Gasteiger partial charge >= 0.3 is 0 Å². The highest BCUT2D eigenvalue weighted by Crippen LogP contribution is 2.42. The lowest BCUT2D eigenvalue weighted by molar-refractivity contribution is -0.151. The van der Waals surface area contributed by atoms with E-state index in [-0.39, 0.29) is 97.3 Å². The van der Waals surface area contributed by atoms with Crippen LogP contribution in [0.5, 0.6) is 0 Å². The highest BCUT2D eigenvalue weighted by molar-refractivity contribution is 8.00. The van der Waals surface area contributed by atoms with Gasteiger partial charge in [-0.1, -0.05) is 19.3 Å². The van der Waals surface area contributed by atoms with Gasteiger partial charge in [-0.2, -0.15) is 0 Å². The summed E-state index contributed by atoms with van der Waals surface area (Å²) in [6.45, 7) is 3.22. The molecular formula is C46H72N8O10S2. The largest absolute Gasteiger partial charge is 0.378 e. The molecule has 8 atom stereocenters. The molecular weight excluding hydrogens is 889 g/mol. The van der Waals surface area contributed by atoms with Crippen LogP contribution < -0.4 is 26.6 Å². The standard InChI is InChI=1S/C46H72N8O10S2/c1-66(62,63)53-22-18-32(24-53)41(57)48-36(42(58)51-46-49-37(27-65-46)30-5-3-2-4-6-30)26-64-25-29-7-9-31(10-8-29)40(56)47-19-15-28-16-20-52(21-17-28)33-11-12-34-35(23-33)45(61)54(44(34)60)38-13-14-39(55)50-43(38)59/h28-38,46,49H,2-27H2,1H3,(H,47,56)(H,48,57)(H,51,58)(H,50,55,59)/t29?,31?,32?,33?,34?,35?,36-,37?,38?,46?/m0/s1. The second-order valence-electron chi connectivity index (χ2n) is 20.6. The van der Waals surface area contributed by atoms with Crippen LogP contribution in [-0.2, 0) is 48.3 Å². The van der Waals surface area contributed by atoms with Crippen molar-refractivity contribution in [3.8, 4) is 0 Å². The molecule has 5 heterocycles. The Labute approximate surface area is 393 Å². The average molecular weight is 961 g/mol. The van der Waals surface area contributed by atoms with Crippen molar-refractivity contribution >= 4 is 63.1 Å². The minimum absolute atomic E-state index is 0.00356. The van der Waals surface area contributed by atoms with Crippen molar-refractivity contribution in [1.82, 2.24) is 40.7 Å². The highest BCUT2D eigenvalue weighted by Gasteiger charge is 2.54. The third-order valence-electron chi connectivity index (χ3n) is 16.3. The van der Waals surface area contributed by atoms with Gasteiger partial charge in [-0.3, -0.25) is 49.1 Å². The summed E-state index contributed by atoms with van der Waals surface area (Å²) in [4.78, 5) is 94.8. The van der Waals surface area contributed by atoms with E-state index in [9.17, 15) is 42.0 Å². The average Bonchev–Trinajstić information content (AvgIpc) is 4.06. The number of nitrogens with zero attached hydrogens (tertiary/aromatic N) is 3. The number of rotatable bonds is 16. The molecule has 0 radical (unpaired) electrons. The van der Waals surface area contributed by atoms with Crippen LogP contribution in [0, 0.1) is 41.4 Å². The number of fused-ring (bicyclic) bond motifs is 1. The monoisotopic (exact) mass is 960 g/mol. The molecule has 18 nitrogen and oxygen atoms in total. The first kappa shape index (κ1) is 49.3. The van der Waals surface area contributed by atoms with E-state index < -0.39 is 39.8 Å². The zero-order chi connectivity index (χ0) is 46.5. The quantitative estimate of drug-likeness (QED) is 0.138. The Morgan fingerprint density at radius 1 is 0.818 bits per heavy atom. The fraction of sp³-hybridized carbons (Fsp3) is 0.848. The van der Waals surface area contributed by atoms with E-state index >= 15 is 0 Å². The summed E-state index contributed by atoms with van der Waals surface area (Å²) in [5, 5.41) is 15.1. The highest BCUT2D eigenvalue weighted by atomic mass is 32.2. The van der Waals surface area contributed by atoms with Crippen LogP contribution in [0.4, 0.5) is 0 Å². The summed E-state index contributed by atoms with van der Waals surface area (Å²) in [5.41, 5.74) is -0.259. The van der Waals surface area contributed by atoms with Crippen molar-refractivity contribution in [2.45, 2.75) is 145 Å². The normalized spacial score (nSPS) is 33.7. The van der Waals surface area contributed by atoms with Gasteiger partial charge in [0.05, 0.1) is 30.6 Å². The van der Waals surface area contributed by atoms with E-state index in [4.69, 9.17) is 4.74 Å². The molecule has 3 saturated carbocycles. The van der Waals surface area contributed by atoms with Crippen molar-refractivity contribution in [1.29, 1.82) is 0 Å². The molecule has 3 aliphatic carbocycles. The van der Waals surface area contributed by atoms with Gasteiger partial charge in [0.2, 0.25) is 51.4 Å². The maximum atomic E-state index is 13.7. The fourth-order valence-corrected chi connectivity index (χ4v) is 14.3. The summed E-state index contributed by atoms with van der Waals surface area (Å²) in [6, 6.07) is -1.27. The zero-order valence-electron chi connectivity index (χ0n) is 38.6. The molecule has 7 unspecified atom stereocenters. The maximum Gasteiger partial charge on any atom is 0.249 e. The number of likely N-dealkylation sites (tertiary alicyclic amines) is 2. The summed E-state index contributed by atoms with van der Waals surface area (Å²) in [5.74, 6) is -1.20. The van der Waals surface area contributed by atoms with Crippen LogP contribution in [0.15, 0.2) is 0 Å². The van der Waals surface area contributed by atoms with Gasteiger partial charge in [0.25, 0.3) is 0 Å². The first-order chi connectivity index (χ1) is 31.7. The lowest BCUT2D eigenvalue weighted by atomic mass is 9.77. The SMILES string of the molecule is CS(=O)(=O)N1CCC(C(=O)N[C@@H](COCC2CCC(C(=O)NCCC3CCN(C4CCC5C(=O)N(C6CCC(=O)NC6=O)C(=O)C5C4)CC3)CC2)C(=O)NC2NC(C3CCCCC3)CS2)C1. The van der Waals surface area contributed by atoms with Crippen molar-refractivity contribution in [3.63, 3.8) is 0 Å². The molecule has 20 heteroatoms. The smallest absolute Gasteiger partial charge is 0.249 e. The molecule has 8 fully saturated rings. The van der Waals surface area contributed by atoms with Gasteiger partial charge in [-0.25, -0.2) is 12.7 Å². The Kier molecular flexibility index (Phi) is 16.5. The summed E-state index contributed by atoms with van der Waals surface area (Å²) in [6.07, 6.45) is 16.2. The van der Waals surface area contributed by atoms with Crippen LogP contribution in [0.2, 0.25) is 0 Å². The van der Waals surface area contributed by atoms with E-state index in [1.807, 2.05) is 0 Å². The summed E-state index contributed by atoms with van der Waals surface area (Å²) >= 11 is 1.67. The van der Waals surface area contributed by atoms with Gasteiger partial charge in [0, 0.05) is 56.4 Å². The van der Waals surface area contributed by atoms with Crippen molar-refractivity contribution < 1.29 is 46.7 Å². The lowest BCUT2D eigenvalue weighted by Gasteiger charge is -2.41. The van der Waals surface area contributed by atoms with E-state index in [1.165, 1.54) is 36.4 Å².